The first kappa shape index (κ1) is 26.4. The summed E-state index contributed by atoms with van der Waals surface area (Å²) in [5.74, 6) is -0.333. The van der Waals surface area contributed by atoms with Crippen molar-refractivity contribution >= 4 is 35.9 Å². The fraction of sp³-hybridized carbons (Fsp3) is 0.577. The average Bonchev–Trinajstić information content (AvgIpc) is 3.54. The van der Waals surface area contributed by atoms with Gasteiger partial charge < -0.3 is 29.4 Å². The minimum Gasteiger partial charge on any atom is -0.453 e. The van der Waals surface area contributed by atoms with Crippen LogP contribution in [-0.4, -0.2) is 77.9 Å². The van der Waals surface area contributed by atoms with Crippen molar-refractivity contribution in [2.75, 3.05) is 13.7 Å². The van der Waals surface area contributed by atoms with Gasteiger partial charge in [0.15, 0.2) is 0 Å². The van der Waals surface area contributed by atoms with Crippen LogP contribution in [0.4, 0.5) is 4.79 Å². The molecule has 0 unspecified atom stereocenters. The van der Waals surface area contributed by atoms with E-state index in [2.05, 4.69) is 15.0 Å². The molecule has 2 fully saturated rings. The molecular weight excluding hydrogens is 461 g/mol. The largest absolute Gasteiger partial charge is 0.494 e. The first-order chi connectivity index (χ1) is 16.9. The molecule has 0 aliphatic carbocycles. The summed E-state index contributed by atoms with van der Waals surface area (Å²) in [6.07, 6.45) is 2.30. The van der Waals surface area contributed by atoms with Gasteiger partial charge in [-0.25, -0.2) is 4.79 Å². The van der Waals surface area contributed by atoms with Crippen LogP contribution < -0.4 is 10.8 Å². The molecule has 1 aromatic carbocycles. The molecule has 2 saturated heterocycles. The number of aliphatic hydroxyl groups excluding tert-OH is 1. The van der Waals surface area contributed by atoms with Gasteiger partial charge in [0.2, 0.25) is 5.91 Å². The number of ether oxygens (including phenoxy) is 1. The number of aliphatic imine (C=N–C) groups is 1. The minimum absolute atomic E-state index is 0.170. The normalized spacial score (nSPS) is 24.2. The van der Waals surface area contributed by atoms with Gasteiger partial charge in [-0.3, -0.25) is 9.79 Å². The Balaban J connectivity index is 1.41. The molecule has 2 amide bonds. The Morgan fingerprint density at radius 1 is 1.19 bits per heavy atom. The second-order valence-corrected chi connectivity index (χ2v) is 10.7. The topological polar surface area (TPSA) is 110 Å². The molecule has 0 aromatic heterocycles. The smallest absolute Gasteiger partial charge is 0.453 e. The number of hydrogen-bond acceptors (Lipinski definition) is 7. The molecule has 3 aliphatic heterocycles. The van der Waals surface area contributed by atoms with E-state index in [1.54, 1.807) is 4.90 Å². The van der Waals surface area contributed by atoms with Crippen molar-refractivity contribution in [1.82, 2.24) is 10.2 Å². The van der Waals surface area contributed by atoms with Gasteiger partial charge in [0.25, 0.3) is 0 Å². The Hall–Kier alpha value is -2.69. The van der Waals surface area contributed by atoms with Crippen LogP contribution in [0, 0.1) is 0 Å². The molecular formula is C26H36BN3O6. The maximum Gasteiger partial charge on any atom is 0.494 e. The highest BCUT2D eigenvalue weighted by molar-refractivity contribution is 6.62. The number of nitrogens with one attached hydrogen (secondary N) is 1. The monoisotopic (exact) mass is 497 g/mol. The molecule has 1 aromatic rings. The Morgan fingerprint density at radius 3 is 2.42 bits per heavy atom. The zero-order valence-corrected chi connectivity index (χ0v) is 21.9. The summed E-state index contributed by atoms with van der Waals surface area (Å²) >= 11 is 0. The van der Waals surface area contributed by atoms with E-state index in [0.29, 0.717) is 13.0 Å². The molecule has 3 aliphatic rings. The zero-order valence-electron chi connectivity index (χ0n) is 21.9. The first-order valence-electron chi connectivity index (χ1n) is 12.5. The van der Waals surface area contributed by atoms with Gasteiger partial charge in [0, 0.05) is 24.9 Å². The second-order valence-electron chi connectivity index (χ2n) is 10.7. The van der Waals surface area contributed by atoms with E-state index in [0.717, 1.165) is 35.2 Å². The molecule has 36 heavy (non-hydrogen) atoms. The zero-order chi connectivity index (χ0) is 26.3. The lowest BCUT2D eigenvalue weighted by Crippen LogP contribution is -2.55. The molecule has 3 atom stereocenters. The number of hydrogen-bond donors (Lipinski definition) is 2. The predicted octanol–water partition coefficient (Wildman–Crippen LogP) is 2.27. The molecule has 9 nitrogen and oxygen atoms in total. The van der Waals surface area contributed by atoms with E-state index in [1.165, 1.54) is 14.0 Å². The number of alkyl carbamates (subject to hydrolysis) is 1. The standard InChI is InChI=1S/C26H36BN3O6/c1-16(31)22(29-24(33)34-6)23(32)30-13-7-8-21(30)20-14-18(15-28-20)17-9-11-19(12-10-17)27-35-25(2,3)26(4,5)36-27/h9-12,15-16,21-22,31H,7-8,13-14H2,1-6H3,(H,29,33)/t16-,21+,22+/m1/s1. The number of methoxy groups -OCH3 is 1. The van der Waals surface area contributed by atoms with Crippen molar-refractivity contribution in [3.8, 4) is 0 Å². The van der Waals surface area contributed by atoms with E-state index in [1.807, 2.05) is 58.2 Å². The highest BCUT2D eigenvalue weighted by Crippen LogP contribution is 2.36. The first-order valence-corrected chi connectivity index (χ1v) is 12.5. The number of nitrogens with zero attached hydrogens (tertiary/aromatic N) is 2. The summed E-state index contributed by atoms with van der Waals surface area (Å²) in [6.45, 7) is 10.2. The number of benzene rings is 1. The number of rotatable bonds is 6. The quantitative estimate of drug-likeness (QED) is 0.584. The number of amides is 2. The highest BCUT2D eigenvalue weighted by Gasteiger charge is 2.51. The van der Waals surface area contributed by atoms with Crippen LogP contribution in [-0.2, 0) is 18.8 Å². The molecule has 4 rings (SSSR count). The van der Waals surface area contributed by atoms with Crippen LogP contribution in [0.15, 0.2) is 35.5 Å². The summed E-state index contributed by atoms with van der Waals surface area (Å²) < 4.78 is 16.9. The molecule has 194 valence electrons. The molecule has 0 radical (unpaired) electrons. The number of aliphatic hydroxyl groups is 1. The summed E-state index contributed by atoms with van der Waals surface area (Å²) in [5.41, 5.74) is 3.22. The van der Waals surface area contributed by atoms with Crippen molar-refractivity contribution in [2.24, 2.45) is 4.99 Å². The van der Waals surface area contributed by atoms with Gasteiger partial charge in [-0.05, 0) is 64.1 Å². The van der Waals surface area contributed by atoms with Crippen LogP contribution >= 0.6 is 0 Å². The summed E-state index contributed by atoms with van der Waals surface area (Å²) in [6, 6.07) is 6.89. The summed E-state index contributed by atoms with van der Waals surface area (Å²) in [7, 11) is 0.812. The van der Waals surface area contributed by atoms with Crippen molar-refractivity contribution in [3.63, 3.8) is 0 Å². The average molecular weight is 497 g/mol. The van der Waals surface area contributed by atoms with Gasteiger partial charge in [-0.1, -0.05) is 24.3 Å². The van der Waals surface area contributed by atoms with Crippen molar-refractivity contribution in [2.45, 2.75) is 83.3 Å². The molecule has 10 heteroatoms. The van der Waals surface area contributed by atoms with Gasteiger partial charge in [-0.15, -0.1) is 0 Å². The third-order valence-corrected chi connectivity index (χ3v) is 7.69. The van der Waals surface area contributed by atoms with Crippen LogP contribution in [0.25, 0.3) is 5.57 Å². The Labute approximate surface area is 213 Å². The highest BCUT2D eigenvalue weighted by atomic mass is 16.7. The van der Waals surface area contributed by atoms with Crippen molar-refractivity contribution in [3.05, 3.63) is 36.0 Å². The van der Waals surface area contributed by atoms with Crippen LogP contribution in [0.5, 0.6) is 0 Å². The SMILES string of the molecule is COC(=O)N[C@H](C(=O)N1CCC[C@H]1C1=NC=C(c2ccc(B3OC(C)(C)C(C)(C)O3)cc2)C1)[C@@H](C)O. The van der Waals surface area contributed by atoms with E-state index in [9.17, 15) is 14.7 Å². The van der Waals surface area contributed by atoms with Crippen molar-refractivity contribution < 1.29 is 28.7 Å². The van der Waals surface area contributed by atoms with Gasteiger partial charge in [0.05, 0.1) is 30.5 Å². The van der Waals surface area contributed by atoms with E-state index in [-0.39, 0.29) is 11.9 Å². The number of allylic oxidation sites excluding steroid dienone is 1. The number of carbonyl (C=O) groups excluding carboxylic acids is 2. The second kappa shape index (κ2) is 9.99. The van der Waals surface area contributed by atoms with Crippen LogP contribution in [0.2, 0.25) is 0 Å². The molecule has 0 saturated carbocycles. The fourth-order valence-electron chi connectivity index (χ4n) is 4.79. The number of carbonyl (C=O) groups is 2. The van der Waals surface area contributed by atoms with Crippen LogP contribution in [0.1, 0.15) is 59.4 Å². The van der Waals surface area contributed by atoms with Gasteiger partial charge in [-0.2, -0.15) is 0 Å². The Morgan fingerprint density at radius 2 is 1.83 bits per heavy atom. The van der Waals surface area contributed by atoms with E-state index < -0.39 is 36.6 Å². The van der Waals surface area contributed by atoms with Crippen LogP contribution in [0.3, 0.4) is 0 Å². The summed E-state index contributed by atoms with van der Waals surface area (Å²) in [4.78, 5) is 31.3. The fourth-order valence-corrected chi connectivity index (χ4v) is 4.79. The third kappa shape index (κ3) is 5.07. The lowest BCUT2D eigenvalue weighted by molar-refractivity contribution is -0.135. The summed E-state index contributed by atoms with van der Waals surface area (Å²) in [5, 5.41) is 12.6. The lowest BCUT2D eigenvalue weighted by atomic mass is 9.78. The Kier molecular flexibility index (Phi) is 7.32. The molecule has 3 heterocycles. The van der Waals surface area contributed by atoms with Crippen molar-refractivity contribution in [1.29, 1.82) is 0 Å². The van der Waals surface area contributed by atoms with Gasteiger partial charge in [0.1, 0.15) is 6.04 Å². The molecule has 0 bridgehead atoms. The maximum absolute atomic E-state index is 13.2. The van der Waals surface area contributed by atoms with Gasteiger partial charge >= 0.3 is 13.2 Å². The van der Waals surface area contributed by atoms with E-state index >= 15 is 0 Å². The third-order valence-electron chi connectivity index (χ3n) is 7.69. The number of likely N-dealkylation sites (tertiary alicyclic amines) is 1. The predicted molar refractivity (Wildman–Crippen MR) is 138 cm³/mol. The maximum atomic E-state index is 13.2. The minimum atomic E-state index is -1.07. The molecule has 0 spiro atoms. The Bertz CT molecular complexity index is 1050. The van der Waals surface area contributed by atoms with E-state index in [4.69, 9.17) is 9.31 Å². The molecule has 2 N–H and O–H groups in total. The lowest BCUT2D eigenvalue weighted by Gasteiger charge is -2.32.